The number of H-pyrrole nitrogens is 1. The van der Waals surface area contributed by atoms with E-state index in [4.69, 9.17) is 0 Å². The summed E-state index contributed by atoms with van der Waals surface area (Å²) in [5, 5.41) is 9.24. The average Bonchev–Trinajstić information content (AvgIpc) is 3.02. The summed E-state index contributed by atoms with van der Waals surface area (Å²) in [4.78, 5) is 21.2. The fraction of sp³-hybridized carbons (Fsp3) is 0.111. The molecule has 1 amide bonds. The lowest BCUT2D eigenvalue weighted by atomic mass is 10.2. The third-order valence-corrected chi connectivity index (χ3v) is 3.51. The van der Waals surface area contributed by atoms with Crippen LogP contribution in [0.4, 0.5) is 10.3 Å². The third-order valence-electron chi connectivity index (χ3n) is 3.51. The number of imidazole rings is 1. The molecule has 122 valence electrons. The highest BCUT2D eigenvalue weighted by Crippen LogP contribution is 2.17. The molecule has 3 rings (SSSR count). The SMILES string of the molecule is O=C(C=Cc1ccc(F)cc1)N(CCO)c1nc2ccccc2[nH]1. The van der Waals surface area contributed by atoms with Crippen LogP contribution in [0.25, 0.3) is 17.1 Å². The van der Waals surface area contributed by atoms with Crippen LogP contribution in [-0.2, 0) is 4.79 Å². The molecule has 0 aliphatic heterocycles. The molecule has 0 aliphatic rings. The van der Waals surface area contributed by atoms with E-state index >= 15 is 0 Å². The molecule has 6 heteroatoms. The van der Waals surface area contributed by atoms with Gasteiger partial charge in [0.05, 0.1) is 24.2 Å². The van der Waals surface area contributed by atoms with Crippen molar-refractivity contribution in [3.05, 3.63) is 66.0 Å². The van der Waals surface area contributed by atoms with Crippen molar-refractivity contribution in [3.8, 4) is 0 Å². The van der Waals surface area contributed by atoms with Crippen molar-refractivity contribution in [3.63, 3.8) is 0 Å². The van der Waals surface area contributed by atoms with Gasteiger partial charge in [-0.3, -0.25) is 9.69 Å². The van der Waals surface area contributed by atoms with Gasteiger partial charge in [-0.15, -0.1) is 0 Å². The molecule has 0 fully saturated rings. The second-order valence-electron chi connectivity index (χ2n) is 5.18. The lowest BCUT2D eigenvalue weighted by molar-refractivity contribution is -0.114. The van der Waals surface area contributed by atoms with Gasteiger partial charge in [-0.2, -0.15) is 0 Å². The molecule has 0 radical (unpaired) electrons. The van der Waals surface area contributed by atoms with Crippen LogP contribution in [0.2, 0.25) is 0 Å². The van der Waals surface area contributed by atoms with Crippen LogP contribution in [0, 0.1) is 5.82 Å². The van der Waals surface area contributed by atoms with Crippen molar-refractivity contribution in [2.24, 2.45) is 0 Å². The molecular formula is C18H16FN3O2. The van der Waals surface area contributed by atoms with Gasteiger partial charge in [-0.1, -0.05) is 24.3 Å². The maximum atomic E-state index is 12.9. The minimum Gasteiger partial charge on any atom is -0.395 e. The standard InChI is InChI=1S/C18H16FN3O2/c19-14-8-5-13(6-9-14)7-10-17(24)22(11-12-23)18-20-15-3-1-2-4-16(15)21-18/h1-10,23H,11-12H2,(H,20,21). The van der Waals surface area contributed by atoms with Gasteiger partial charge in [0, 0.05) is 6.08 Å². The average molecular weight is 325 g/mol. The molecular weight excluding hydrogens is 309 g/mol. The number of fused-ring (bicyclic) bond motifs is 1. The highest BCUT2D eigenvalue weighted by Gasteiger charge is 2.16. The Balaban J connectivity index is 1.84. The molecule has 0 aliphatic carbocycles. The summed E-state index contributed by atoms with van der Waals surface area (Å²) >= 11 is 0. The summed E-state index contributed by atoms with van der Waals surface area (Å²) in [7, 11) is 0. The Labute approximate surface area is 138 Å². The molecule has 0 spiro atoms. The summed E-state index contributed by atoms with van der Waals surface area (Å²) in [6.45, 7) is -0.0699. The van der Waals surface area contributed by atoms with Crippen molar-refractivity contribution in [2.75, 3.05) is 18.1 Å². The van der Waals surface area contributed by atoms with Gasteiger partial charge in [0.1, 0.15) is 5.82 Å². The number of anilines is 1. The normalized spacial score (nSPS) is 11.2. The first-order chi connectivity index (χ1) is 11.7. The number of rotatable bonds is 5. The Morgan fingerprint density at radius 2 is 1.96 bits per heavy atom. The number of amides is 1. The molecule has 5 nitrogen and oxygen atoms in total. The maximum absolute atomic E-state index is 12.9. The predicted molar refractivity (Wildman–Crippen MR) is 91.0 cm³/mol. The third kappa shape index (κ3) is 3.49. The summed E-state index contributed by atoms with van der Waals surface area (Å²) in [5.41, 5.74) is 2.26. The molecule has 0 saturated heterocycles. The fourth-order valence-corrected chi connectivity index (χ4v) is 2.32. The van der Waals surface area contributed by atoms with Gasteiger partial charge in [-0.05, 0) is 35.9 Å². The largest absolute Gasteiger partial charge is 0.395 e. The first-order valence-electron chi connectivity index (χ1n) is 7.48. The number of hydrogen-bond acceptors (Lipinski definition) is 3. The van der Waals surface area contributed by atoms with E-state index in [2.05, 4.69) is 9.97 Å². The summed E-state index contributed by atoms with van der Waals surface area (Å²) in [5.74, 6) is -0.283. The molecule has 24 heavy (non-hydrogen) atoms. The van der Waals surface area contributed by atoms with E-state index in [9.17, 15) is 14.3 Å². The molecule has 1 heterocycles. The lowest BCUT2D eigenvalue weighted by Gasteiger charge is -2.16. The zero-order valence-electron chi connectivity index (χ0n) is 12.8. The van der Waals surface area contributed by atoms with Crippen LogP contribution in [0.1, 0.15) is 5.56 Å². The van der Waals surface area contributed by atoms with E-state index in [-0.39, 0.29) is 24.9 Å². The van der Waals surface area contributed by atoms with Crippen molar-refractivity contribution in [2.45, 2.75) is 0 Å². The summed E-state index contributed by atoms with van der Waals surface area (Å²) < 4.78 is 12.9. The molecule has 0 unspecified atom stereocenters. The van der Waals surface area contributed by atoms with Gasteiger partial charge >= 0.3 is 0 Å². The summed E-state index contributed by atoms with van der Waals surface area (Å²) in [6.07, 6.45) is 2.96. The smallest absolute Gasteiger partial charge is 0.253 e. The zero-order valence-corrected chi connectivity index (χ0v) is 12.8. The van der Waals surface area contributed by atoms with Gasteiger partial charge in [0.2, 0.25) is 5.95 Å². The van der Waals surface area contributed by atoms with Crippen LogP contribution >= 0.6 is 0 Å². The van der Waals surface area contributed by atoms with Gasteiger partial charge < -0.3 is 10.1 Å². The Kier molecular flexibility index (Phi) is 4.67. The number of benzene rings is 2. The molecule has 3 aromatic rings. The number of carbonyl (C=O) groups excluding carboxylic acids is 1. The Morgan fingerprint density at radius 1 is 1.21 bits per heavy atom. The van der Waals surface area contributed by atoms with Crippen LogP contribution in [0.3, 0.4) is 0 Å². The maximum Gasteiger partial charge on any atom is 0.253 e. The Morgan fingerprint density at radius 3 is 2.67 bits per heavy atom. The molecule has 1 aromatic heterocycles. The van der Waals surface area contributed by atoms with E-state index < -0.39 is 0 Å². The van der Waals surface area contributed by atoms with E-state index in [1.165, 1.54) is 23.1 Å². The fourth-order valence-electron chi connectivity index (χ4n) is 2.32. The highest BCUT2D eigenvalue weighted by molar-refractivity contribution is 6.03. The molecule has 2 N–H and O–H groups in total. The van der Waals surface area contributed by atoms with Crippen molar-refractivity contribution in [1.29, 1.82) is 0 Å². The van der Waals surface area contributed by atoms with Crippen molar-refractivity contribution < 1.29 is 14.3 Å². The van der Waals surface area contributed by atoms with Gasteiger partial charge in [0.25, 0.3) is 5.91 Å². The molecule has 0 saturated carbocycles. The minimum absolute atomic E-state index is 0.117. The van der Waals surface area contributed by atoms with Crippen LogP contribution in [0.5, 0.6) is 0 Å². The zero-order chi connectivity index (χ0) is 16.9. The monoisotopic (exact) mass is 325 g/mol. The first-order valence-corrected chi connectivity index (χ1v) is 7.48. The number of para-hydroxylation sites is 2. The number of aromatic amines is 1. The molecule has 2 aromatic carbocycles. The summed E-state index contributed by atoms with van der Waals surface area (Å²) in [6, 6.07) is 13.3. The van der Waals surface area contributed by atoms with Crippen LogP contribution in [-0.4, -0.2) is 34.1 Å². The van der Waals surface area contributed by atoms with Gasteiger partial charge in [-0.25, -0.2) is 9.37 Å². The second kappa shape index (κ2) is 7.06. The number of halogens is 1. The number of carbonyl (C=O) groups is 1. The van der Waals surface area contributed by atoms with E-state index in [0.29, 0.717) is 11.5 Å². The number of aliphatic hydroxyl groups is 1. The minimum atomic E-state index is -0.331. The number of hydrogen-bond donors (Lipinski definition) is 2. The topological polar surface area (TPSA) is 69.2 Å². The molecule has 0 atom stereocenters. The van der Waals surface area contributed by atoms with Gasteiger partial charge in [0.15, 0.2) is 0 Å². The Hall–Kier alpha value is -2.99. The van der Waals surface area contributed by atoms with Crippen molar-refractivity contribution >= 4 is 29.0 Å². The quantitative estimate of drug-likeness (QED) is 0.709. The Bertz CT molecular complexity index is 838. The van der Waals surface area contributed by atoms with E-state index in [1.54, 1.807) is 18.2 Å². The van der Waals surface area contributed by atoms with E-state index in [1.807, 2.05) is 24.3 Å². The van der Waals surface area contributed by atoms with Crippen molar-refractivity contribution in [1.82, 2.24) is 9.97 Å². The number of aromatic nitrogens is 2. The number of aliphatic hydroxyl groups excluding tert-OH is 1. The second-order valence-corrected chi connectivity index (χ2v) is 5.18. The predicted octanol–water partition coefficient (Wildman–Crippen LogP) is 2.74. The lowest BCUT2D eigenvalue weighted by Crippen LogP contribution is -2.33. The highest BCUT2D eigenvalue weighted by atomic mass is 19.1. The number of nitrogens with one attached hydrogen (secondary N) is 1. The van der Waals surface area contributed by atoms with E-state index in [0.717, 1.165) is 11.0 Å². The number of nitrogens with zero attached hydrogens (tertiary/aromatic N) is 2. The van der Waals surface area contributed by atoms with Crippen LogP contribution in [0.15, 0.2) is 54.6 Å². The first kappa shape index (κ1) is 15.9. The van der Waals surface area contributed by atoms with Crippen LogP contribution < -0.4 is 4.90 Å². The molecule has 0 bridgehead atoms.